The van der Waals surface area contributed by atoms with Crippen molar-refractivity contribution in [3.63, 3.8) is 0 Å². The fraction of sp³-hybridized carbons (Fsp3) is 0.800. The molecule has 0 bridgehead atoms. The zero-order valence-corrected chi connectivity index (χ0v) is 20.1. The average Bonchev–Trinajstić information content (AvgIpc) is 2.56. The molecule has 186 valence electrons. The summed E-state index contributed by atoms with van der Waals surface area (Å²) in [6.07, 6.45) is 1.14. The van der Waals surface area contributed by atoms with Gasteiger partial charge < -0.3 is 24.9 Å². The third-order valence-corrected chi connectivity index (χ3v) is 4.52. The summed E-state index contributed by atoms with van der Waals surface area (Å²) in [5, 5.41) is 39.0. The maximum absolute atomic E-state index is 9.86. The van der Waals surface area contributed by atoms with Gasteiger partial charge in [-0.2, -0.15) is 8.42 Å². The Bertz CT molecular complexity index is 560. The maximum Gasteiger partial charge on any atom is 0.397 e. The monoisotopic (exact) mass is 471 g/mol. The Balaban J connectivity index is 0. The third kappa shape index (κ3) is 20.8. The first kappa shape index (κ1) is 32.3. The van der Waals surface area contributed by atoms with Crippen LogP contribution in [-0.2, 0) is 14.6 Å². The normalized spacial score (nSPS) is 17.6. The Labute approximate surface area is 187 Å². The van der Waals surface area contributed by atoms with Crippen LogP contribution >= 0.6 is 0 Å². The number of nitrogens with zero attached hydrogens (tertiary/aromatic N) is 2. The third-order valence-electron chi connectivity index (χ3n) is 4.09. The van der Waals surface area contributed by atoms with E-state index in [1.165, 1.54) is 6.08 Å². The molecule has 0 aromatic heterocycles. The van der Waals surface area contributed by atoms with Crippen molar-refractivity contribution in [3.8, 4) is 0 Å². The van der Waals surface area contributed by atoms with E-state index >= 15 is 0 Å². The van der Waals surface area contributed by atoms with E-state index < -0.39 is 34.8 Å². The maximum atomic E-state index is 9.86. The van der Waals surface area contributed by atoms with Crippen molar-refractivity contribution in [2.45, 2.75) is 52.1 Å². The molecule has 0 saturated heterocycles. The summed E-state index contributed by atoms with van der Waals surface area (Å²) in [6.45, 7) is 17.8. The highest BCUT2D eigenvalue weighted by molar-refractivity contribution is 7.80. The summed E-state index contributed by atoms with van der Waals surface area (Å²) in [4.78, 5) is 2.02. The zero-order valence-electron chi connectivity index (χ0n) is 19.3. The van der Waals surface area contributed by atoms with Crippen molar-refractivity contribution in [2.75, 3.05) is 52.4 Å². The largest absolute Gasteiger partial charge is 0.397 e. The van der Waals surface area contributed by atoms with E-state index in [0.29, 0.717) is 50.3 Å². The molecule has 10 nitrogen and oxygen atoms in total. The minimum absolute atomic E-state index is 0.196. The molecular weight excluding hydrogens is 428 g/mol. The molecule has 0 aliphatic rings. The topological polar surface area (TPSA) is 148 Å². The molecule has 31 heavy (non-hydrogen) atoms. The smallest absolute Gasteiger partial charge is 0.392 e. The van der Waals surface area contributed by atoms with E-state index in [-0.39, 0.29) is 6.61 Å². The number of aliphatic hydroxyl groups is 4. The lowest BCUT2D eigenvalue weighted by molar-refractivity contribution is -0.927. The molecule has 0 aliphatic carbocycles. The van der Waals surface area contributed by atoms with Gasteiger partial charge in [0, 0.05) is 19.6 Å². The summed E-state index contributed by atoms with van der Waals surface area (Å²) < 4.78 is 31.5. The highest BCUT2D eigenvalue weighted by Crippen LogP contribution is 2.12. The number of rotatable bonds is 16. The second kappa shape index (κ2) is 16.7. The van der Waals surface area contributed by atoms with Crippen LogP contribution in [0.5, 0.6) is 0 Å². The fourth-order valence-corrected chi connectivity index (χ4v) is 3.65. The van der Waals surface area contributed by atoms with Gasteiger partial charge in [-0.1, -0.05) is 12.7 Å². The quantitative estimate of drug-likeness (QED) is 0.117. The molecule has 4 atom stereocenters. The minimum Gasteiger partial charge on any atom is -0.392 e. The number of aliphatic hydroxyl groups excluding tert-OH is 4. The molecule has 0 radical (unpaired) electrons. The summed E-state index contributed by atoms with van der Waals surface area (Å²) >= 11 is 0. The summed E-state index contributed by atoms with van der Waals surface area (Å²) in [7, 11) is -4.26. The van der Waals surface area contributed by atoms with Gasteiger partial charge >= 0.3 is 10.4 Å². The van der Waals surface area contributed by atoms with Crippen LogP contribution in [0.1, 0.15) is 27.7 Å². The zero-order chi connectivity index (χ0) is 24.7. The molecule has 4 unspecified atom stereocenters. The summed E-state index contributed by atoms with van der Waals surface area (Å²) in [5.74, 6) is 0. The Morgan fingerprint density at radius 3 is 1.61 bits per heavy atom. The first-order chi connectivity index (χ1) is 14.2. The van der Waals surface area contributed by atoms with Crippen molar-refractivity contribution >= 4 is 10.4 Å². The van der Waals surface area contributed by atoms with Crippen molar-refractivity contribution in [1.82, 2.24) is 4.90 Å². The molecule has 0 amide bonds. The van der Waals surface area contributed by atoms with Crippen molar-refractivity contribution in [1.29, 1.82) is 0 Å². The van der Waals surface area contributed by atoms with Gasteiger partial charge in [0.25, 0.3) is 0 Å². The lowest BCUT2D eigenvalue weighted by atomic mass is 10.2. The van der Waals surface area contributed by atoms with Gasteiger partial charge in [-0.3, -0.25) is 9.45 Å². The first-order valence-electron chi connectivity index (χ1n) is 10.3. The van der Waals surface area contributed by atoms with Gasteiger partial charge in [0.05, 0.1) is 31.9 Å². The molecule has 0 spiro atoms. The number of hydrogen-bond donors (Lipinski definition) is 5. The van der Waals surface area contributed by atoms with Crippen LogP contribution in [0, 0.1) is 0 Å². The van der Waals surface area contributed by atoms with Crippen LogP contribution in [0.15, 0.2) is 25.3 Å². The predicted octanol–water partition coefficient (Wildman–Crippen LogP) is -0.194. The lowest BCUT2D eigenvalue weighted by Gasteiger charge is -2.41. The van der Waals surface area contributed by atoms with Gasteiger partial charge in [-0.05, 0) is 33.8 Å². The highest BCUT2D eigenvalue weighted by Gasteiger charge is 2.30. The first-order valence-corrected chi connectivity index (χ1v) is 11.7. The molecule has 0 heterocycles. The van der Waals surface area contributed by atoms with E-state index in [0.717, 1.165) is 0 Å². The Kier molecular flexibility index (Phi) is 17.4. The summed E-state index contributed by atoms with van der Waals surface area (Å²) in [5.41, 5.74) is 0. The molecule has 0 rings (SSSR count). The van der Waals surface area contributed by atoms with E-state index in [1.807, 2.05) is 11.0 Å². The minimum atomic E-state index is -4.26. The molecule has 0 aromatic rings. The van der Waals surface area contributed by atoms with Crippen LogP contribution in [0.2, 0.25) is 0 Å². The second-order valence-corrected chi connectivity index (χ2v) is 9.15. The lowest BCUT2D eigenvalue weighted by Crippen LogP contribution is -2.58. The Hall–Kier alpha value is -0.890. The molecular formula is C20H43N2O8S+. The fourth-order valence-electron chi connectivity index (χ4n) is 3.38. The van der Waals surface area contributed by atoms with Gasteiger partial charge in [-0.15, -0.1) is 6.58 Å². The molecule has 0 saturated carbocycles. The molecule has 0 aromatic carbocycles. The standard InChI is InChI=1S/C17H37N2O4.C3H6O4S/c1-6-8-19(12-16(4)22,13-17(5)23)9-7-18(10-14(2)20)11-15(3)21;1-2-3-7-8(4,5)6/h6,14-17,20-23H,1,7-13H2,2-5H3;2H,1,3H2,(H,4,5,6)/q+1;. The van der Waals surface area contributed by atoms with E-state index in [4.69, 9.17) is 4.55 Å². The number of quaternary nitrogens is 1. The van der Waals surface area contributed by atoms with Crippen LogP contribution < -0.4 is 0 Å². The summed E-state index contributed by atoms with van der Waals surface area (Å²) in [6, 6.07) is 0. The van der Waals surface area contributed by atoms with Crippen LogP contribution in [0.3, 0.4) is 0 Å². The SMILES string of the molecule is C=CCOS(=O)(=O)O.C=CC[N+](CCN(CC(C)O)CC(C)O)(CC(C)O)CC(C)O. The Morgan fingerprint density at radius 1 is 0.903 bits per heavy atom. The van der Waals surface area contributed by atoms with Crippen LogP contribution in [-0.4, -0.2) is 120 Å². The van der Waals surface area contributed by atoms with Gasteiger partial charge in [0.2, 0.25) is 0 Å². The van der Waals surface area contributed by atoms with Gasteiger partial charge in [-0.25, -0.2) is 4.18 Å². The van der Waals surface area contributed by atoms with Crippen molar-refractivity contribution in [3.05, 3.63) is 25.3 Å². The Morgan fingerprint density at radius 2 is 1.35 bits per heavy atom. The van der Waals surface area contributed by atoms with Crippen molar-refractivity contribution < 1.29 is 42.1 Å². The number of hydrogen-bond acceptors (Lipinski definition) is 8. The van der Waals surface area contributed by atoms with Crippen molar-refractivity contribution in [2.24, 2.45) is 0 Å². The highest BCUT2D eigenvalue weighted by atomic mass is 32.3. The molecule has 11 heteroatoms. The van der Waals surface area contributed by atoms with Gasteiger partial charge in [0.1, 0.15) is 25.3 Å². The molecule has 5 N–H and O–H groups in total. The van der Waals surface area contributed by atoms with E-state index in [2.05, 4.69) is 17.3 Å². The van der Waals surface area contributed by atoms with Crippen LogP contribution in [0.25, 0.3) is 0 Å². The van der Waals surface area contributed by atoms with E-state index in [1.54, 1.807) is 27.7 Å². The van der Waals surface area contributed by atoms with Crippen LogP contribution in [0.4, 0.5) is 0 Å². The van der Waals surface area contributed by atoms with Gasteiger partial charge in [0.15, 0.2) is 0 Å². The second-order valence-electron chi connectivity index (χ2n) is 8.06. The average molecular weight is 472 g/mol. The van der Waals surface area contributed by atoms with E-state index in [9.17, 15) is 28.8 Å². The molecule has 0 fully saturated rings. The predicted molar refractivity (Wildman–Crippen MR) is 121 cm³/mol. The molecule has 0 aliphatic heterocycles.